The molecule has 0 heterocycles. The monoisotopic (exact) mass is 372 g/mol. The molecule has 0 spiro atoms. The number of carbonyl (C=O) groups is 2. The van der Waals surface area contributed by atoms with Crippen molar-refractivity contribution in [3.05, 3.63) is 71.3 Å². The van der Waals surface area contributed by atoms with Crippen LogP contribution in [0, 0.1) is 0 Å². The number of unbranched alkanes of at least 4 members (excludes halogenated alkanes) is 1. The van der Waals surface area contributed by atoms with Crippen molar-refractivity contribution < 1.29 is 30.0 Å². The molecular formula is C21H24O6. The Morgan fingerprint density at radius 3 is 2.22 bits per heavy atom. The predicted molar refractivity (Wildman–Crippen MR) is 103 cm³/mol. The van der Waals surface area contributed by atoms with E-state index in [1.54, 1.807) is 30.3 Å². The number of phenolic OH excluding ortho intramolecular Hbond substituents is 1. The van der Waals surface area contributed by atoms with Crippen LogP contribution in [0.25, 0.3) is 6.08 Å². The van der Waals surface area contributed by atoms with E-state index in [9.17, 15) is 14.7 Å². The topological polar surface area (TPSA) is 115 Å². The van der Waals surface area contributed by atoms with Gasteiger partial charge in [-0.3, -0.25) is 0 Å². The van der Waals surface area contributed by atoms with E-state index in [1.165, 1.54) is 24.3 Å². The molecule has 0 saturated carbocycles. The standard InChI is InChI=1S/C12H16O3.C9H8O3/c1-2-3-8-11(13)9-6-4-5-7-10(9)12(14)15;10-8-4-1-7(2-5-8)3-6-9(11)12/h4-7,11,13H,2-3,8H2,1H3,(H,14,15);1-6,10H,(H,11,12)/b;6-3+. The van der Waals surface area contributed by atoms with Crippen molar-refractivity contribution in [2.75, 3.05) is 0 Å². The smallest absolute Gasteiger partial charge is 0.336 e. The number of aliphatic hydroxyl groups excluding tert-OH is 1. The molecule has 0 aliphatic carbocycles. The largest absolute Gasteiger partial charge is 0.508 e. The van der Waals surface area contributed by atoms with Crippen LogP contribution in [0.4, 0.5) is 0 Å². The van der Waals surface area contributed by atoms with E-state index < -0.39 is 18.0 Å². The van der Waals surface area contributed by atoms with Crippen molar-refractivity contribution in [1.82, 2.24) is 0 Å². The number of carboxylic acid groups (broad SMARTS) is 2. The number of hydrogen-bond donors (Lipinski definition) is 4. The summed E-state index contributed by atoms with van der Waals surface area (Å²) >= 11 is 0. The third kappa shape index (κ3) is 8.20. The van der Waals surface area contributed by atoms with Crippen LogP contribution >= 0.6 is 0 Å². The van der Waals surface area contributed by atoms with Gasteiger partial charge in [0.25, 0.3) is 0 Å². The molecule has 0 amide bonds. The zero-order valence-corrected chi connectivity index (χ0v) is 15.1. The molecule has 1 unspecified atom stereocenters. The molecule has 1 atom stereocenters. The maximum absolute atomic E-state index is 10.9. The average molecular weight is 372 g/mol. The lowest BCUT2D eigenvalue weighted by Gasteiger charge is -2.12. The number of hydrogen-bond acceptors (Lipinski definition) is 4. The molecule has 6 nitrogen and oxygen atoms in total. The van der Waals surface area contributed by atoms with Crippen LogP contribution in [0.1, 0.15) is 53.8 Å². The summed E-state index contributed by atoms with van der Waals surface area (Å²) in [6.07, 6.45) is 4.34. The van der Waals surface area contributed by atoms with E-state index in [4.69, 9.17) is 15.3 Å². The lowest BCUT2D eigenvalue weighted by atomic mass is 9.99. The minimum absolute atomic E-state index is 0.169. The molecule has 6 heteroatoms. The first-order valence-corrected chi connectivity index (χ1v) is 8.55. The molecule has 2 rings (SSSR count). The quantitative estimate of drug-likeness (QED) is 0.544. The van der Waals surface area contributed by atoms with Crippen LogP contribution in [0.2, 0.25) is 0 Å². The highest BCUT2D eigenvalue weighted by molar-refractivity contribution is 5.89. The van der Waals surface area contributed by atoms with Gasteiger partial charge in [0.2, 0.25) is 0 Å². The van der Waals surface area contributed by atoms with E-state index in [0.29, 0.717) is 12.0 Å². The highest BCUT2D eigenvalue weighted by Crippen LogP contribution is 2.22. The molecule has 2 aromatic carbocycles. The molecule has 2 aromatic rings. The molecule has 0 aliphatic rings. The van der Waals surface area contributed by atoms with E-state index in [0.717, 1.165) is 24.5 Å². The van der Waals surface area contributed by atoms with Crippen LogP contribution in [0.3, 0.4) is 0 Å². The molecule has 0 saturated heterocycles. The fourth-order valence-electron chi connectivity index (χ4n) is 2.29. The van der Waals surface area contributed by atoms with Gasteiger partial charge in [-0.05, 0) is 41.8 Å². The zero-order chi connectivity index (χ0) is 20.2. The average Bonchev–Trinajstić information content (AvgIpc) is 2.66. The van der Waals surface area contributed by atoms with Crippen LogP contribution in [0.15, 0.2) is 54.6 Å². The Morgan fingerprint density at radius 2 is 1.67 bits per heavy atom. The zero-order valence-electron chi connectivity index (χ0n) is 15.1. The minimum atomic E-state index is -0.985. The number of phenols is 1. The highest BCUT2D eigenvalue weighted by Gasteiger charge is 2.15. The normalized spacial score (nSPS) is 11.5. The van der Waals surface area contributed by atoms with E-state index in [1.807, 2.05) is 6.92 Å². The summed E-state index contributed by atoms with van der Waals surface area (Å²) in [5.41, 5.74) is 1.45. The lowest BCUT2D eigenvalue weighted by molar-refractivity contribution is -0.131. The van der Waals surface area contributed by atoms with Crippen molar-refractivity contribution >= 4 is 18.0 Å². The molecule has 0 aromatic heterocycles. The maximum Gasteiger partial charge on any atom is 0.336 e. The van der Waals surface area contributed by atoms with Gasteiger partial charge in [0, 0.05) is 6.08 Å². The number of aliphatic carboxylic acids is 1. The number of aromatic carboxylic acids is 1. The van der Waals surface area contributed by atoms with Gasteiger partial charge in [-0.25, -0.2) is 9.59 Å². The molecule has 4 N–H and O–H groups in total. The molecule has 0 aliphatic heterocycles. The predicted octanol–water partition coefficient (Wildman–Crippen LogP) is 4.10. The van der Waals surface area contributed by atoms with Crippen LogP contribution in [0.5, 0.6) is 5.75 Å². The number of carboxylic acids is 2. The Bertz CT molecular complexity index is 764. The molecular weight excluding hydrogens is 348 g/mol. The van der Waals surface area contributed by atoms with E-state index in [-0.39, 0.29) is 11.3 Å². The fraction of sp³-hybridized carbons (Fsp3) is 0.238. The molecule has 0 radical (unpaired) electrons. The molecule has 27 heavy (non-hydrogen) atoms. The van der Waals surface area contributed by atoms with Crippen molar-refractivity contribution in [3.63, 3.8) is 0 Å². The summed E-state index contributed by atoms with van der Waals surface area (Å²) in [6, 6.07) is 12.9. The first kappa shape index (κ1) is 21.9. The van der Waals surface area contributed by atoms with Crippen molar-refractivity contribution in [2.45, 2.75) is 32.3 Å². The van der Waals surface area contributed by atoms with Gasteiger partial charge >= 0.3 is 11.9 Å². The van der Waals surface area contributed by atoms with Crippen molar-refractivity contribution in [1.29, 1.82) is 0 Å². The Hall–Kier alpha value is -3.12. The summed E-state index contributed by atoms with van der Waals surface area (Å²) < 4.78 is 0. The van der Waals surface area contributed by atoms with Gasteiger partial charge in [0.1, 0.15) is 5.75 Å². The second-order valence-corrected chi connectivity index (χ2v) is 5.81. The van der Waals surface area contributed by atoms with Gasteiger partial charge in [-0.1, -0.05) is 50.1 Å². The first-order valence-electron chi connectivity index (χ1n) is 8.55. The summed E-state index contributed by atoms with van der Waals surface area (Å²) in [5, 5.41) is 35.9. The van der Waals surface area contributed by atoms with Crippen molar-refractivity contribution in [2.24, 2.45) is 0 Å². The molecule has 0 fully saturated rings. The SMILES string of the molecule is CCCCC(O)c1ccccc1C(=O)O.O=C(O)/C=C/c1ccc(O)cc1. The number of aromatic hydroxyl groups is 1. The molecule has 144 valence electrons. The first-order chi connectivity index (χ1) is 12.8. The van der Waals surface area contributed by atoms with Gasteiger partial charge in [-0.15, -0.1) is 0 Å². The third-order valence-electron chi connectivity index (χ3n) is 3.69. The third-order valence-corrected chi connectivity index (χ3v) is 3.69. The van der Waals surface area contributed by atoms with Gasteiger partial charge in [0.15, 0.2) is 0 Å². The Kier molecular flexibility index (Phi) is 9.33. The van der Waals surface area contributed by atoms with Gasteiger partial charge < -0.3 is 20.4 Å². The minimum Gasteiger partial charge on any atom is -0.508 e. The summed E-state index contributed by atoms with van der Waals surface area (Å²) in [7, 11) is 0. The van der Waals surface area contributed by atoms with Crippen LogP contribution in [-0.2, 0) is 4.79 Å². The summed E-state index contributed by atoms with van der Waals surface area (Å²) in [4.78, 5) is 21.0. The Morgan fingerprint density at radius 1 is 1.04 bits per heavy atom. The summed E-state index contributed by atoms with van der Waals surface area (Å²) in [6.45, 7) is 2.04. The number of rotatable bonds is 7. The second kappa shape index (κ2) is 11.5. The Balaban J connectivity index is 0.000000277. The second-order valence-electron chi connectivity index (χ2n) is 5.81. The van der Waals surface area contributed by atoms with Crippen LogP contribution < -0.4 is 0 Å². The maximum atomic E-state index is 10.9. The lowest BCUT2D eigenvalue weighted by Crippen LogP contribution is -2.06. The Labute approximate surface area is 158 Å². The van der Waals surface area contributed by atoms with Crippen LogP contribution in [-0.4, -0.2) is 32.4 Å². The van der Waals surface area contributed by atoms with Gasteiger partial charge in [0.05, 0.1) is 11.7 Å². The van der Waals surface area contributed by atoms with E-state index >= 15 is 0 Å². The highest BCUT2D eigenvalue weighted by atomic mass is 16.4. The number of benzene rings is 2. The van der Waals surface area contributed by atoms with E-state index in [2.05, 4.69) is 0 Å². The number of aliphatic hydroxyl groups is 1. The molecule has 0 bridgehead atoms. The fourth-order valence-corrected chi connectivity index (χ4v) is 2.29. The van der Waals surface area contributed by atoms with Crippen molar-refractivity contribution in [3.8, 4) is 5.75 Å². The summed E-state index contributed by atoms with van der Waals surface area (Å²) in [5.74, 6) is -1.80. The van der Waals surface area contributed by atoms with Gasteiger partial charge in [-0.2, -0.15) is 0 Å².